The second kappa shape index (κ2) is 6.79. The minimum atomic E-state index is -0.853. The van der Waals surface area contributed by atoms with E-state index in [2.05, 4.69) is 25.5 Å². The summed E-state index contributed by atoms with van der Waals surface area (Å²) in [6, 6.07) is 3.80. The van der Waals surface area contributed by atoms with E-state index in [0.29, 0.717) is 18.7 Å². The standard InChI is InChI=1S/C17H24N6O2/c1-10-8-13(20-14-9-11(2)22-23-14)21-15(19-10)12-4-6-17(25-3,7-5-12)16(18)24/h8-9,12H,4-7H2,1-3H3,(H2,18,24)(H2,19,20,21,22,23). The molecule has 2 heterocycles. The van der Waals surface area contributed by atoms with E-state index in [1.807, 2.05) is 26.0 Å². The molecule has 25 heavy (non-hydrogen) atoms. The van der Waals surface area contributed by atoms with Gasteiger partial charge in [0, 0.05) is 36.5 Å². The topological polar surface area (TPSA) is 119 Å². The summed E-state index contributed by atoms with van der Waals surface area (Å²) in [6.45, 7) is 3.88. The molecular weight excluding hydrogens is 320 g/mol. The molecule has 3 rings (SSSR count). The molecule has 1 saturated carbocycles. The summed E-state index contributed by atoms with van der Waals surface area (Å²) < 4.78 is 5.41. The molecule has 2 aromatic heterocycles. The van der Waals surface area contributed by atoms with Crippen LogP contribution in [0.1, 0.15) is 48.8 Å². The van der Waals surface area contributed by atoms with Crippen LogP contribution in [0.25, 0.3) is 0 Å². The van der Waals surface area contributed by atoms with Crippen LogP contribution in [0.15, 0.2) is 12.1 Å². The van der Waals surface area contributed by atoms with Gasteiger partial charge in [0.25, 0.3) is 0 Å². The maximum atomic E-state index is 11.7. The van der Waals surface area contributed by atoms with Gasteiger partial charge in [0.2, 0.25) is 5.91 Å². The Labute approximate surface area is 146 Å². The van der Waals surface area contributed by atoms with E-state index in [9.17, 15) is 4.79 Å². The second-order valence-electron chi connectivity index (χ2n) is 6.65. The largest absolute Gasteiger partial charge is 0.368 e. The third kappa shape index (κ3) is 3.63. The molecule has 1 aliphatic carbocycles. The number of aromatic nitrogens is 4. The number of nitrogens with zero attached hydrogens (tertiary/aromatic N) is 3. The number of carbonyl (C=O) groups excluding carboxylic acids is 1. The van der Waals surface area contributed by atoms with Crippen molar-refractivity contribution < 1.29 is 9.53 Å². The molecule has 0 bridgehead atoms. The van der Waals surface area contributed by atoms with Gasteiger partial charge in [0.15, 0.2) is 5.82 Å². The van der Waals surface area contributed by atoms with Gasteiger partial charge in [-0.25, -0.2) is 9.97 Å². The lowest BCUT2D eigenvalue weighted by molar-refractivity contribution is -0.144. The van der Waals surface area contributed by atoms with Crippen molar-refractivity contribution in [3.63, 3.8) is 0 Å². The summed E-state index contributed by atoms with van der Waals surface area (Å²) in [5.41, 5.74) is 6.53. The van der Waals surface area contributed by atoms with Gasteiger partial charge >= 0.3 is 0 Å². The number of nitrogens with two attached hydrogens (primary N) is 1. The van der Waals surface area contributed by atoms with Crippen molar-refractivity contribution in [2.24, 2.45) is 5.73 Å². The molecule has 0 spiro atoms. The van der Waals surface area contributed by atoms with Crippen LogP contribution in [0, 0.1) is 13.8 Å². The van der Waals surface area contributed by atoms with E-state index < -0.39 is 11.5 Å². The summed E-state index contributed by atoms with van der Waals surface area (Å²) in [5.74, 6) is 2.01. The van der Waals surface area contributed by atoms with Crippen LogP contribution in [-0.4, -0.2) is 38.8 Å². The van der Waals surface area contributed by atoms with Crippen LogP contribution in [0.4, 0.5) is 11.6 Å². The van der Waals surface area contributed by atoms with Crippen molar-refractivity contribution in [3.05, 3.63) is 29.3 Å². The fourth-order valence-electron chi connectivity index (χ4n) is 3.34. The van der Waals surface area contributed by atoms with Crippen molar-refractivity contribution in [1.82, 2.24) is 20.2 Å². The number of aryl methyl sites for hydroxylation is 2. The summed E-state index contributed by atoms with van der Waals surface area (Å²) in [5, 5.41) is 10.3. The number of hydrogen-bond donors (Lipinski definition) is 3. The number of hydrogen-bond acceptors (Lipinski definition) is 6. The van der Waals surface area contributed by atoms with Crippen molar-refractivity contribution >= 4 is 17.5 Å². The molecule has 0 unspecified atom stereocenters. The highest BCUT2D eigenvalue weighted by atomic mass is 16.5. The van der Waals surface area contributed by atoms with Crippen LogP contribution in [0.3, 0.4) is 0 Å². The molecule has 8 heteroatoms. The molecule has 4 N–H and O–H groups in total. The summed E-state index contributed by atoms with van der Waals surface area (Å²) in [7, 11) is 1.54. The van der Waals surface area contributed by atoms with Crippen molar-refractivity contribution in [2.75, 3.05) is 12.4 Å². The minimum Gasteiger partial charge on any atom is -0.368 e. The van der Waals surface area contributed by atoms with Gasteiger partial charge < -0.3 is 15.8 Å². The first-order chi connectivity index (χ1) is 11.9. The monoisotopic (exact) mass is 344 g/mol. The average molecular weight is 344 g/mol. The maximum Gasteiger partial charge on any atom is 0.249 e. The Morgan fingerprint density at radius 2 is 2.00 bits per heavy atom. The highest BCUT2D eigenvalue weighted by Crippen LogP contribution is 2.38. The number of anilines is 2. The number of aromatic amines is 1. The molecular formula is C17H24N6O2. The van der Waals surface area contributed by atoms with Gasteiger partial charge in [0.05, 0.1) is 0 Å². The first kappa shape index (κ1) is 17.3. The quantitative estimate of drug-likeness (QED) is 0.764. The molecule has 8 nitrogen and oxygen atoms in total. The van der Waals surface area contributed by atoms with Gasteiger partial charge in [-0.1, -0.05) is 0 Å². The van der Waals surface area contributed by atoms with Crippen LogP contribution in [-0.2, 0) is 9.53 Å². The SMILES string of the molecule is COC1(C(N)=O)CCC(c2nc(C)cc(Nc3cc(C)[nH]n3)n2)CC1. The van der Waals surface area contributed by atoms with E-state index in [4.69, 9.17) is 10.5 Å². The highest BCUT2D eigenvalue weighted by molar-refractivity contribution is 5.83. The van der Waals surface area contributed by atoms with Gasteiger partial charge in [-0.3, -0.25) is 9.89 Å². The Morgan fingerprint density at radius 1 is 1.28 bits per heavy atom. The number of amides is 1. The molecule has 1 amide bonds. The zero-order valence-corrected chi connectivity index (χ0v) is 14.8. The average Bonchev–Trinajstić information content (AvgIpc) is 2.99. The van der Waals surface area contributed by atoms with E-state index in [0.717, 1.165) is 35.9 Å². The Morgan fingerprint density at radius 3 is 2.56 bits per heavy atom. The maximum absolute atomic E-state index is 11.7. The van der Waals surface area contributed by atoms with Gasteiger partial charge in [-0.15, -0.1) is 0 Å². The number of methoxy groups -OCH3 is 1. The molecule has 0 atom stereocenters. The number of ether oxygens (including phenoxy) is 1. The van der Waals surface area contributed by atoms with Gasteiger partial charge in [0.1, 0.15) is 17.2 Å². The molecule has 0 aromatic carbocycles. The van der Waals surface area contributed by atoms with Crippen LogP contribution in [0.5, 0.6) is 0 Å². The predicted octanol–water partition coefficient (Wildman–Crippen LogP) is 2.09. The third-order valence-corrected chi connectivity index (χ3v) is 4.83. The lowest BCUT2D eigenvalue weighted by Gasteiger charge is -2.36. The number of H-pyrrole nitrogens is 1. The number of carbonyl (C=O) groups is 1. The fourth-order valence-corrected chi connectivity index (χ4v) is 3.34. The lowest BCUT2D eigenvalue weighted by atomic mass is 9.78. The second-order valence-corrected chi connectivity index (χ2v) is 6.65. The Kier molecular flexibility index (Phi) is 4.71. The molecule has 134 valence electrons. The Hall–Kier alpha value is -2.48. The van der Waals surface area contributed by atoms with Crippen LogP contribution >= 0.6 is 0 Å². The highest BCUT2D eigenvalue weighted by Gasteiger charge is 2.41. The number of nitrogens with one attached hydrogen (secondary N) is 2. The molecule has 2 aromatic rings. The predicted molar refractivity (Wildman–Crippen MR) is 93.5 cm³/mol. The summed E-state index contributed by atoms with van der Waals surface area (Å²) in [6.07, 6.45) is 2.70. The molecule has 1 fully saturated rings. The van der Waals surface area contributed by atoms with Gasteiger partial charge in [-0.2, -0.15) is 5.10 Å². The van der Waals surface area contributed by atoms with Crippen molar-refractivity contribution in [3.8, 4) is 0 Å². The third-order valence-electron chi connectivity index (χ3n) is 4.83. The molecule has 0 saturated heterocycles. The first-order valence-corrected chi connectivity index (χ1v) is 8.41. The smallest absolute Gasteiger partial charge is 0.249 e. The molecule has 0 radical (unpaired) electrons. The zero-order chi connectivity index (χ0) is 18.0. The normalized spacial score (nSPS) is 23.4. The molecule has 0 aliphatic heterocycles. The Bertz CT molecular complexity index is 764. The van der Waals surface area contributed by atoms with Gasteiger partial charge in [-0.05, 0) is 39.5 Å². The Balaban J connectivity index is 1.76. The van der Waals surface area contributed by atoms with Crippen LogP contribution in [0.2, 0.25) is 0 Å². The minimum absolute atomic E-state index is 0.184. The van der Waals surface area contributed by atoms with Crippen molar-refractivity contribution in [1.29, 1.82) is 0 Å². The van der Waals surface area contributed by atoms with E-state index in [1.54, 1.807) is 7.11 Å². The molecule has 1 aliphatic rings. The number of primary amides is 1. The van der Waals surface area contributed by atoms with E-state index >= 15 is 0 Å². The summed E-state index contributed by atoms with van der Waals surface area (Å²) >= 11 is 0. The lowest BCUT2D eigenvalue weighted by Crippen LogP contribution is -2.48. The van der Waals surface area contributed by atoms with E-state index in [1.165, 1.54) is 0 Å². The summed E-state index contributed by atoms with van der Waals surface area (Å²) in [4.78, 5) is 20.9. The first-order valence-electron chi connectivity index (χ1n) is 8.41. The van der Waals surface area contributed by atoms with Crippen LogP contribution < -0.4 is 11.1 Å². The zero-order valence-electron chi connectivity index (χ0n) is 14.8. The fraction of sp³-hybridized carbons (Fsp3) is 0.529. The number of rotatable bonds is 5. The van der Waals surface area contributed by atoms with E-state index in [-0.39, 0.29) is 5.92 Å². The van der Waals surface area contributed by atoms with Crippen molar-refractivity contribution in [2.45, 2.75) is 51.0 Å².